The Balaban J connectivity index is 1.43. The van der Waals surface area contributed by atoms with E-state index in [0.29, 0.717) is 11.1 Å². The Morgan fingerprint density at radius 3 is 1.29 bits per heavy atom. The van der Waals surface area contributed by atoms with E-state index in [1.807, 2.05) is 36.4 Å². The molecule has 0 heterocycles. The molecular formula is C36H42O6. The second-order valence-corrected chi connectivity index (χ2v) is 11.1. The van der Waals surface area contributed by atoms with Gasteiger partial charge in [-0.1, -0.05) is 87.4 Å². The number of benzene rings is 4. The van der Waals surface area contributed by atoms with Crippen molar-refractivity contribution in [3.8, 4) is 0 Å². The number of fused-ring (bicyclic) bond motifs is 2. The summed E-state index contributed by atoms with van der Waals surface area (Å²) in [5.74, 6) is -1.16. The first-order valence-corrected chi connectivity index (χ1v) is 14.8. The summed E-state index contributed by atoms with van der Waals surface area (Å²) in [6.45, 7) is 4.32. The van der Waals surface area contributed by atoms with Crippen LogP contribution in [0.5, 0.6) is 0 Å². The van der Waals surface area contributed by atoms with Gasteiger partial charge in [0.25, 0.3) is 0 Å². The molecule has 4 atom stereocenters. The van der Waals surface area contributed by atoms with Crippen LogP contribution in [0.1, 0.15) is 61.8 Å². The lowest BCUT2D eigenvalue weighted by Gasteiger charge is -2.26. The zero-order valence-electron chi connectivity index (χ0n) is 24.3. The van der Waals surface area contributed by atoms with Crippen molar-refractivity contribution in [2.75, 3.05) is 0 Å². The molecule has 0 amide bonds. The minimum Gasteiger partial charge on any atom is -0.509 e. The largest absolute Gasteiger partial charge is 0.509 e. The molecule has 6 N–H and O–H groups in total. The molecule has 6 heteroatoms. The quantitative estimate of drug-likeness (QED) is 0.101. The van der Waals surface area contributed by atoms with Crippen molar-refractivity contribution < 1.29 is 30.6 Å². The average molecular weight is 571 g/mol. The lowest BCUT2D eigenvalue weighted by molar-refractivity contribution is -0.0996. The minimum absolute atomic E-state index is 0.580. The van der Waals surface area contributed by atoms with Crippen molar-refractivity contribution in [3.63, 3.8) is 0 Å². The summed E-state index contributed by atoms with van der Waals surface area (Å²) < 4.78 is 0. The molecule has 0 bridgehead atoms. The van der Waals surface area contributed by atoms with Crippen LogP contribution in [0.15, 0.2) is 84.3 Å². The highest BCUT2D eigenvalue weighted by Gasteiger charge is 2.34. The Bertz CT molecular complexity index is 1440. The van der Waals surface area contributed by atoms with E-state index in [4.69, 9.17) is 0 Å². The predicted octanol–water partition coefficient (Wildman–Crippen LogP) is 6.62. The number of rotatable bonds is 13. The fourth-order valence-corrected chi connectivity index (χ4v) is 5.12. The third kappa shape index (κ3) is 7.78. The smallest absolute Gasteiger partial charge is 0.139 e. The van der Waals surface area contributed by atoms with Gasteiger partial charge in [-0.15, -0.1) is 0 Å². The molecule has 42 heavy (non-hydrogen) atoms. The number of aliphatic hydroxyl groups is 6. The second kappa shape index (κ2) is 14.5. The van der Waals surface area contributed by atoms with Gasteiger partial charge in [0.15, 0.2) is 0 Å². The van der Waals surface area contributed by atoms with E-state index in [1.165, 1.54) is 23.3 Å². The molecule has 0 aromatic heterocycles. The maximum Gasteiger partial charge on any atom is 0.139 e. The Morgan fingerprint density at radius 1 is 0.548 bits per heavy atom. The van der Waals surface area contributed by atoms with E-state index < -0.39 is 35.9 Å². The number of aryl methyl sites for hydroxylation is 2. The second-order valence-electron chi connectivity index (χ2n) is 11.1. The Morgan fingerprint density at radius 2 is 0.905 bits per heavy atom. The summed E-state index contributed by atoms with van der Waals surface area (Å²) in [7, 11) is 0. The number of unbranched alkanes of at least 4 members (excludes halogenated alkanes) is 2. The van der Waals surface area contributed by atoms with Crippen molar-refractivity contribution >= 4 is 33.7 Å². The van der Waals surface area contributed by atoms with Crippen LogP contribution in [0, 0.1) is 0 Å². The third-order valence-corrected chi connectivity index (χ3v) is 7.73. The topological polar surface area (TPSA) is 121 Å². The summed E-state index contributed by atoms with van der Waals surface area (Å²) in [6.07, 6.45) is 1.41. The standard InChI is InChI=1S/C36H42O6/c1-3-5-7-23-9-13-29-19-25(11-15-27(29)17-23)21-31(37)33(39)35(41)36(42)34(40)32(38)22-26-12-16-28-18-24(8-6-4-2)10-14-30(28)20-26/h9-22,33-42H,3-8H2,1-2H3/t33-,34-,35-,36-/m1/s1. The molecule has 6 nitrogen and oxygen atoms in total. The molecule has 222 valence electrons. The van der Waals surface area contributed by atoms with E-state index >= 15 is 0 Å². The van der Waals surface area contributed by atoms with E-state index in [9.17, 15) is 30.6 Å². The molecule has 0 aliphatic rings. The van der Waals surface area contributed by atoms with Gasteiger partial charge in [0.2, 0.25) is 0 Å². The van der Waals surface area contributed by atoms with Gasteiger partial charge in [-0.05, 0) is 93.8 Å². The Labute approximate surface area is 247 Å². The lowest BCUT2D eigenvalue weighted by Crippen LogP contribution is -2.45. The van der Waals surface area contributed by atoms with Gasteiger partial charge < -0.3 is 30.6 Å². The van der Waals surface area contributed by atoms with Crippen LogP contribution in [0.4, 0.5) is 0 Å². The first-order chi connectivity index (χ1) is 20.2. The van der Waals surface area contributed by atoms with Crippen LogP contribution in [0.3, 0.4) is 0 Å². The molecule has 0 spiro atoms. The Kier molecular flexibility index (Phi) is 10.8. The molecule has 0 radical (unpaired) electrons. The van der Waals surface area contributed by atoms with E-state index in [2.05, 4.69) is 38.1 Å². The highest BCUT2D eigenvalue weighted by atomic mass is 16.4. The maximum atomic E-state index is 10.5. The zero-order chi connectivity index (χ0) is 30.2. The van der Waals surface area contributed by atoms with E-state index in [-0.39, 0.29) is 0 Å². The molecule has 0 unspecified atom stereocenters. The van der Waals surface area contributed by atoms with Gasteiger partial charge >= 0.3 is 0 Å². The molecule has 0 saturated heterocycles. The predicted molar refractivity (Wildman–Crippen MR) is 170 cm³/mol. The van der Waals surface area contributed by atoms with E-state index in [0.717, 1.165) is 60.1 Å². The van der Waals surface area contributed by atoms with Gasteiger partial charge in [0, 0.05) is 0 Å². The van der Waals surface area contributed by atoms with Gasteiger partial charge in [-0.2, -0.15) is 0 Å². The zero-order valence-corrected chi connectivity index (χ0v) is 24.3. The lowest BCUT2D eigenvalue weighted by atomic mass is 9.97. The first-order valence-electron chi connectivity index (χ1n) is 14.8. The molecule has 0 aliphatic carbocycles. The van der Waals surface area contributed by atoms with Crippen molar-refractivity contribution in [2.24, 2.45) is 0 Å². The first kappa shape index (κ1) is 31.3. The normalized spacial score (nSPS) is 15.6. The van der Waals surface area contributed by atoms with Gasteiger partial charge in [-0.3, -0.25) is 0 Å². The molecular weight excluding hydrogens is 528 g/mol. The van der Waals surface area contributed by atoms with Gasteiger partial charge in [0.05, 0.1) is 0 Å². The van der Waals surface area contributed by atoms with Gasteiger partial charge in [0.1, 0.15) is 35.9 Å². The van der Waals surface area contributed by atoms with Gasteiger partial charge in [-0.25, -0.2) is 0 Å². The summed E-state index contributed by atoms with van der Waals surface area (Å²) >= 11 is 0. The van der Waals surface area contributed by atoms with Crippen LogP contribution in [0.25, 0.3) is 33.7 Å². The summed E-state index contributed by atoms with van der Waals surface area (Å²) in [5.41, 5.74) is 3.71. The number of hydrogen-bond acceptors (Lipinski definition) is 6. The molecule has 0 saturated carbocycles. The Hall–Kier alpha value is -3.68. The molecule has 4 aromatic carbocycles. The van der Waals surface area contributed by atoms with Crippen LogP contribution >= 0.6 is 0 Å². The summed E-state index contributed by atoms with van der Waals surface area (Å²) in [6, 6.07) is 23.6. The van der Waals surface area contributed by atoms with Crippen LogP contribution in [-0.2, 0) is 12.8 Å². The van der Waals surface area contributed by atoms with Crippen LogP contribution in [0.2, 0.25) is 0 Å². The van der Waals surface area contributed by atoms with Crippen LogP contribution in [-0.4, -0.2) is 55.1 Å². The molecule has 4 aromatic rings. The van der Waals surface area contributed by atoms with Crippen LogP contribution < -0.4 is 0 Å². The number of aliphatic hydroxyl groups excluding tert-OH is 6. The molecule has 0 fully saturated rings. The fraction of sp³-hybridized carbons (Fsp3) is 0.333. The molecule has 4 rings (SSSR count). The third-order valence-electron chi connectivity index (χ3n) is 7.73. The van der Waals surface area contributed by atoms with Crippen molar-refractivity contribution in [3.05, 3.63) is 107 Å². The highest BCUT2D eigenvalue weighted by molar-refractivity contribution is 5.86. The van der Waals surface area contributed by atoms with E-state index in [1.54, 1.807) is 12.1 Å². The number of hydrogen-bond donors (Lipinski definition) is 6. The fourth-order valence-electron chi connectivity index (χ4n) is 5.12. The summed E-state index contributed by atoms with van der Waals surface area (Å²) in [4.78, 5) is 0. The van der Waals surface area contributed by atoms with Crippen molar-refractivity contribution in [2.45, 2.75) is 76.8 Å². The van der Waals surface area contributed by atoms with Crippen molar-refractivity contribution in [1.29, 1.82) is 0 Å². The maximum absolute atomic E-state index is 10.5. The average Bonchev–Trinajstić information content (AvgIpc) is 3.01. The minimum atomic E-state index is -1.97. The van der Waals surface area contributed by atoms with Crippen molar-refractivity contribution in [1.82, 2.24) is 0 Å². The monoisotopic (exact) mass is 570 g/mol. The SMILES string of the molecule is CCCCc1ccc2cc(C=C(O)[C@@H](O)[C@@H](O)[C@H](O)[C@H](O)C(O)=Cc3ccc4cc(CCCC)ccc4c3)ccc2c1. The summed E-state index contributed by atoms with van der Waals surface area (Å²) in [5, 5.41) is 67.2. The molecule has 0 aliphatic heterocycles. The highest BCUT2D eigenvalue weighted by Crippen LogP contribution is 2.24.